The maximum atomic E-state index is 13.2. The minimum Gasteiger partial charge on any atom is -0.478 e. The molecule has 0 amide bonds. The number of hydrazine groups is 1. The van der Waals surface area contributed by atoms with Crippen LogP contribution in [0, 0.1) is 0 Å². The van der Waals surface area contributed by atoms with Crippen LogP contribution in [-0.4, -0.2) is 20.9 Å². The smallest absolute Gasteiger partial charge is 0.435 e. The van der Waals surface area contributed by atoms with Crippen LogP contribution in [0.25, 0.3) is 11.4 Å². The van der Waals surface area contributed by atoms with Crippen LogP contribution < -0.4 is 16.6 Å². The maximum Gasteiger partial charge on any atom is 0.435 e. The molecule has 0 saturated heterocycles. The number of carbonyl (C=O) groups is 1. The quantitative estimate of drug-likeness (QED) is 0.292. The van der Waals surface area contributed by atoms with E-state index in [2.05, 4.69) is 5.10 Å². The Morgan fingerprint density at radius 3 is 1.97 bits per heavy atom. The average Bonchev–Trinajstić information content (AvgIpc) is 3.20. The van der Waals surface area contributed by atoms with Crippen LogP contribution in [0.2, 0.25) is 0 Å². The third-order valence-corrected chi connectivity index (χ3v) is 4.43. The molecule has 2 aromatic carbocycles. The number of aromatic nitrogens is 2. The summed E-state index contributed by atoms with van der Waals surface area (Å²) in [5.74, 6) is 4.76. The minimum absolute atomic E-state index is 0.0465. The number of halogens is 6. The standard InChI is InChI=1S/C20H15F6N5O2/c21-19(22,23)16-9-17(20(24,25)26)31(29-16)14-7-1-11(2-8-14)15(27)10-30(28)13-5-3-12(4-6-13)18(32)33/h1-10H,27-28H2,(H,32,33)/b15-10-. The van der Waals surface area contributed by atoms with Crippen molar-refractivity contribution in [3.05, 3.63) is 83.3 Å². The molecule has 0 aliphatic rings. The van der Waals surface area contributed by atoms with E-state index in [4.69, 9.17) is 16.7 Å². The third-order valence-electron chi connectivity index (χ3n) is 4.43. The van der Waals surface area contributed by atoms with Gasteiger partial charge in [-0.3, -0.25) is 5.01 Å². The number of hydrogen-bond acceptors (Lipinski definition) is 5. The molecule has 0 saturated carbocycles. The summed E-state index contributed by atoms with van der Waals surface area (Å²) in [5, 5.41) is 13.1. The number of rotatable bonds is 5. The van der Waals surface area contributed by atoms with Gasteiger partial charge in [0.25, 0.3) is 0 Å². The van der Waals surface area contributed by atoms with Gasteiger partial charge in [0.05, 0.1) is 22.6 Å². The molecule has 3 aromatic rings. The molecule has 0 spiro atoms. The summed E-state index contributed by atoms with van der Waals surface area (Å²) in [4.78, 5) is 10.9. The first kappa shape index (κ1) is 23.7. The Kier molecular flexibility index (Phi) is 6.09. The summed E-state index contributed by atoms with van der Waals surface area (Å²) in [5.41, 5.74) is 3.28. The second-order valence-electron chi connectivity index (χ2n) is 6.71. The molecule has 174 valence electrons. The molecule has 33 heavy (non-hydrogen) atoms. The molecule has 13 heteroatoms. The maximum absolute atomic E-state index is 13.2. The van der Waals surface area contributed by atoms with Crippen molar-refractivity contribution in [2.45, 2.75) is 12.4 Å². The van der Waals surface area contributed by atoms with E-state index in [1.165, 1.54) is 42.6 Å². The molecule has 0 aliphatic heterocycles. The van der Waals surface area contributed by atoms with Crippen LogP contribution >= 0.6 is 0 Å². The summed E-state index contributed by atoms with van der Waals surface area (Å²) in [7, 11) is 0. The number of anilines is 1. The van der Waals surface area contributed by atoms with Gasteiger partial charge in [-0.2, -0.15) is 31.4 Å². The predicted molar refractivity (Wildman–Crippen MR) is 106 cm³/mol. The van der Waals surface area contributed by atoms with Crippen LogP contribution in [0.15, 0.2) is 60.8 Å². The molecule has 0 radical (unpaired) electrons. The Morgan fingerprint density at radius 2 is 1.48 bits per heavy atom. The minimum atomic E-state index is -5.07. The summed E-state index contributed by atoms with van der Waals surface area (Å²) in [6.07, 6.45) is -8.84. The van der Waals surface area contributed by atoms with Gasteiger partial charge in [0, 0.05) is 12.3 Å². The van der Waals surface area contributed by atoms with Crippen molar-refractivity contribution in [1.82, 2.24) is 9.78 Å². The number of nitrogens with zero attached hydrogens (tertiary/aromatic N) is 3. The molecule has 0 fully saturated rings. The molecule has 7 nitrogen and oxygen atoms in total. The number of alkyl halides is 6. The molecule has 3 rings (SSSR count). The lowest BCUT2D eigenvalue weighted by atomic mass is 10.1. The number of carboxylic acid groups (broad SMARTS) is 1. The highest BCUT2D eigenvalue weighted by molar-refractivity contribution is 5.88. The third kappa shape index (κ3) is 5.26. The van der Waals surface area contributed by atoms with E-state index in [1.807, 2.05) is 0 Å². The molecule has 0 bridgehead atoms. The van der Waals surface area contributed by atoms with Gasteiger partial charge >= 0.3 is 18.3 Å². The van der Waals surface area contributed by atoms with Gasteiger partial charge in [-0.25, -0.2) is 15.3 Å². The highest BCUT2D eigenvalue weighted by atomic mass is 19.4. The van der Waals surface area contributed by atoms with E-state index < -0.39 is 29.7 Å². The van der Waals surface area contributed by atoms with Crippen LogP contribution in [0.3, 0.4) is 0 Å². The van der Waals surface area contributed by atoms with Crippen molar-refractivity contribution in [3.8, 4) is 5.69 Å². The molecule has 1 heterocycles. The highest BCUT2D eigenvalue weighted by Crippen LogP contribution is 2.36. The van der Waals surface area contributed by atoms with Crippen LogP contribution in [0.1, 0.15) is 27.3 Å². The van der Waals surface area contributed by atoms with Gasteiger partial charge in [0.15, 0.2) is 5.69 Å². The Labute approximate surface area is 182 Å². The molecule has 0 aliphatic carbocycles. The van der Waals surface area contributed by atoms with Gasteiger partial charge in [-0.15, -0.1) is 0 Å². The van der Waals surface area contributed by atoms with Crippen LogP contribution in [0.4, 0.5) is 32.0 Å². The number of hydrogen-bond donors (Lipinski definition) is 3. The summed E-state index contributed by atoms with van der Waals surface area (Å²) in [6, 6.07) is 10.3. The Morgan fingerprint density at radius 1 is 0.939 bits per heavy atom. The fourth-order valence-corrected chi connectivity index (χ4v) is 2.79. The van der Waals surface area contributed by atoms with E-state index in [9.17, 15) is 31.1 Å². The summed E-state index contributed by atoms with van der Waals surface area (Å²) >= 11 is 0. The van der Waals surface area contributed by atoms with Crippen molar-refractivity contribution in [1.29, 1.82) is 0 Å². The Bertz CT molecular complexity index is 1180. The van der Waals surface area contributed by atoms with Crippen molar-refractivity contribution < 1.29 is 36.2 Å². The fourth-order valence-electron chi connectivity index (χ4n) is 2.79. The number of nitrogens with two attached hydrogens (primary N) is 2. The lowest BCUT2D eigenvalue weighted by Crippen LogP contribution is -2.25. The van der Waals surface area contributed by atoms with Crippen molar-refractivity contribution in [3.63, 3.8) is 0 Å². The fraction of sp³-hybridized carbons (Fsp3) is 0.100. The average molecular weight is 471 g/mol. The van der Waals surface area contributed by atoms with Gasteiger partial charge in [-0.05, 0) is 42.0 Å². The van der Waals surface area contributed by atoms with Crippen LogP contribution in [-0.2, 0) is 12.4 Å². The molecule has 5 N–H and O–H groups in total. The normalized spacial score (nSPS) is 12.6. The SMILES string of the molecule is N/C(=C\N(N)c1ccc(C(=O)O)cc1)c1ccc(-n2nc(C(F)(F)F)cc2C(F)(F)F)cc1. The lowest BCUT2D eigenvalue weighted by Gasteiger charge is -2.16. The second kappa shape index (κ2) is 8.50. The first-order chi connectivity index (χ1) is 15.3. The van der Waals surface area contributed by atoms with Gasteiger partial charge in [0.1, 0.15) is 5.69 Å². The Balaban J connectivity index is 1.88. The van der Waals surface area contributed by atoms with E-state index in [1.54, 1.807) is 0 Å². The zero-order chi connectivity index (χ0) is 24.6. The number of aromatic carboxylic acids is 1. The molecule has 1 aromatic heterocycles. The topological polar surface area (TPSA) is 110 Å². The highest BCUT2D eigenvalue weighted by Gasteiger charge is 2.42. The first-order valence-corrected chi connectivity index (χ1v) is 8.97. The van der Waals surface area contributed by atoms with E-state index >= 15 is 0 Å². The largest absolute Gasteiger partial charge is 0.478 e. The molecule has 0 atom stereocenters. The zero-order valence-corrected chi connectivity index (χ0v) is 16.4. The van der Waals surface area contributed by atoms with E-state index in [0.717, 1.165) is 17.1 Å². The van der Waals surface area contributed by atoms with Crippen molar-refractivity contribution >= 4 is 17.4 Å². The second-order valence-corrected chi connectivity index (χ2v) is 6.71. The monoisotopic (exact) mass is 471 g/mol. The van der Waals surface area contributed by atoms with Crippen molar-refractivity contribution in [2.75, 3.05) is 5.01 Å². The van der Waals surface area contributed by atoms with Gasteiger partial charge in [0.2, 0.25) is 0 Å². The van der Waals surface area contributed by atoms with E-state index in [-0.39, 0.29) is 27.7 Å². The number of carboxylic acids is 1. The van der Waals surface area contributed by atoms with Gasteiger partial charge in [-0.1, -0.05) is 12.1 Å². The molecular weight excluding hydrogens is 456 g/mol. The van der Waals surface area contributed by atoms with Crippen molar-refractivity contribution in [2.24, 2.45) is 11.6 Å². The zero-order valence-electron chi connectivity index (χ0n) is 16.4. The summed E-state index contributed by atoms with van der Waals surface area (Å²) in [6.45, 7) is 0. The molecular formula is C20H15F6N5O2. The summed E-state index contributed by atoms with van der Waals surface area (Å²) < 4.78 is 78.4. The lowest BCUT2D eigenvalue weighted by molar-refractivity contribution is -0.143. The Hall–Kier alpha value is -4.00. The molecule has 0 unspecified atom stereocenters. The van der Waals surface area contributed by atoms with Crippen LogP contribution in [0.5, 0.6) is 0 Å². The van der Waals surface area contributed by atoms with E-state index in [0.29, 0.717) is 11.3 Å². The predicted octanol–water partition coefficient (Wildman–Crippen LogP) is 4.25. The van der Waals surface area contributed by atoms with Gasteiger partial charge < -0.3 is 10.8 Å². The number of benzene rings is 2. The first-order valence-electron chi connectivity index (χ1n) is 8.97.